The normalized spacial score (nSPS) is 10.3. The van der Waals surface area contributed by atoms with Gasteiger partial charge in [-0.15, -0.1) is 0 Å². The van der Waals surface area contributed by atoms with Crippen molar-refractivity contribution in [3.05, 3.63) is 34.3 Å². The van der Waals surface area contributed by atoms with E-state index < -0.39 is 0 Å². The van der Waals surface area contributed by atoms with Crippen LogP contribution >= 0.6 is 27.5 Å². The minimum Gasteiger partial charge on any atom is -0.461 e. The summed E-state index contributed by atoms with van der Waals surface area (Å²) in [5, 5.41) is 0.367. The Balaban J connectivity index is 2.47. The molecule has 66 valence electrons. The zero-order chi connectivity index (χ0) is 9.26. The first-order valence-corrected chi connectivity index (χ1v) is 4.65. The van der Waals surface area contributed by atoms with Crippen LogP contribution in [0.5, 0.6) is 0 Å². The zero-order valence-corrected chi connectivity index (χ0v) is 8.71. The van der Waals surface area contributed by atoms with Gasteiger partial charge in [-0.25, -0.2) is 9.97 Å². The van der Waals surface area contributed by atoms with Gasteiger partial charge in [-0.2, -0.15) is 0 Å². The molecule has 13 heavy (non-hydrogen) atoms. The Labute approximate surface area is 87.9 Å². The second-order valence-corrected chi connectivity index (χ2v) is 3.56. The molecule has 0 saturated heterocycles. The molecule has 2 heterocycles. The molecule has 0 aliphatic rings. The quantitative estimate of drug-likeness (QED) is 0.790. The van der Waals surface area contributed by atoms with Gasteiger partial charge in [-0.3, -0.25) is 0 Å². The van der Waals surface area contributed by atoms with Crippen molar-refractivity contribution in [2.75, 3.05) is 0 Å². The molecule has 0 aliphatic carbocycles. The number of hydrogen-bond donors (Lipinski definition) is 0. The third-order valence-electron chi connectivity index (χ3n) is 1.47. The van der Waals surface area contributed by atoms with E-state index in [2.05, 4.69) is 25.9 Å². The molecule has 0 radical (unpaired) electrons. The van der Waals surface area contributed by atoms with Crippen LogP contribution in [0.4, 0.5) is 0 Å². The molecule has 0 saturated carbocycles. The predicted octanol–water partition coefficient (Wildman–Crippen LogP) is 3.15. The Morgan fingerprint density at radius 1 is 1.31 bits per heavy atom. The average Bonchev–Trinajstić information content (AvgIpc) is 2.53. The van der Waals surface area contributed by atoms with Crippen LogP contribution < -0.4 is 0 Å². The summed E-state index contributed by atoms with van der Waals surface area (Å²) < 4.78 is 6.05. The summed E-state index contributed by atoms with van der Waals surface area (Å²) in [7, 11) is 0. The maximum atomic E-state index is 5.60. The minimum absolute atomic E-state index is 0.367. The topological polar surface area (TPSA) is 38.9 Å². The van der Waals surface area contributed by atoms with Gasteiger partial charge in [0.25, 0.3) is 0 Å². The number of furan rings is 1. The van der Waals surface area contributed by atoms with E-state index in [0.29, 0.717) is 16.6 Å². The van der Waals surface area contributed by atoms with Crippen LogP contribution in [-0.4, -0.2) is 9.97 Å². The maximum absolute atomic E-state index is 5.60. The van der Waals surface area contributed by atoms with Crippen LogP contribution in [0.1, 0.15) is 0 Å². The molecule has 0 amide bonds. The molecule has 0 aromatic carbocycles. The molecular formula is C8H4BrClN2O. The van der Waals surface area contributed by atoms with Crippen molar-refractivity contribution in [3.63, 3.8) is 0 Å². The standard InChI is InChI=1S/C8H4BrClN2O/c9-5-1-2-13-8(5)6-3-12-7(10)4-11-6/h1-4H. The van der Waals surface area contributed by atoms with E-state index in [4.69, 9.17) is 16.0 Å². The van der Waals surface area contributed by atoms with Crippen molar-refractivity contribution in [2.45, 2.75) is 0 Å². The third-order valence-corrected chi connectivity index (χ3v) is 2.29. The van der Waals surface area contributed by atoms with Crippen molar-refractivity contribution < 1.29 is 4.42 Å². The molecule has 0 aliphatic heterocycles. The van der Waals surface area contributed by atoms with Crippen LogP contribution in [0, 0.1) is 0 Å². The third kappa shape index (κ3) is 1.73. The van der Waals surface area contributed by atoms with E-state index in [1.807, 2.05) is 0 Å². The molecule has 0 fully saturated rings. The average molecular weight is 259 g/mol. The molecule has 5 heteroatoms. The van der Waals surface area contributed by atoms with Crippen molar-refractivity contribution in [2.24, 2.45) is 0 Å². The maximum Gasteiger partial charge on any atom is 0.167 e. The monoisotopic (exact) mass is 258 g/mol. The molecular weight excluding hydrogens is 255 g/mol. The van der Waals surface area contributed by atoms with Gasteiger partial charge in [0.2, 0.25) is 0 Å². The highest BCUT2D eigenvalue weighted by Gasteiger charge is 2.07. The van der Waals surface area contributed by atoms with Crippen LogP contribution in [0.15, 0.2) is 33.6 Å². The predicted molar refractivity (Wildman–Crippen MR) is 52.4 cm³/mol. The molecule has 3 nitrogen and oxygen atoms in total. The lowest BCUT2D eigenvalue weighted by Gasteiger charge is -1.95. The highest BCUT2D eigenvalue weighted by molar-refractivity contribution is 9.10. The largest absolute Gasteiger partial charge is 0.461 e. The molecule has 2 aromatic rings. The smallest absolute Gasteiger partial charge is 0.167 e. The number of aromatic nitrogens is 2. The number of rotatable bonds is 1. The lowest BCUT2D eigenvalue weighted by atomic mass is 10.3. The molecule has 2 rings (SSSR count). The molecule has 0 bridgehead atoms. The summed E-state index contributed by atoms with van der Waals surface area (Å²) in [4.78, 5) is 7.96. The molecule has 0 unspecified atom stereocenters. The highest BCUT2D eigenvalue weighted by Crippen LogP contribution is 2.27. The summed E-state index contributed by atoms with van der Waals surface area (Å²) in [5.74, 6) is 0.657. The van der Waals surface area contributed by atoms with E-state index in [9.17, 15) is 0 Å². The van der Waals surface area contributed by atoms with Gasteiger partial charge in [0.15, 0.2) is 5.76 Å². The molecule has 0 N–H and O–H groups in total. The highest BCUT2D eigenvalue weighted by atomic mass is 79.9. The van der Waals surface area contributed by atoms with E-state index in [1.165, 1.54) is 6.20 Å². The van der Waals surface area contributed by atoms with Gasteiger partial charge in [-0.05, 0) is 22.0 Å². The van der Waals surface area contributed by atoms with Crippen molar-refractivity contribution in [1.82, 2.24) is 9.97 Å². The fourth-order valence-electron chi connectivity index (χ4n) is 0.906. The lowest BCUT2D eigenvalue weighted by Crippen LogP contribution is -1.83. The van der Waals surface area contributed by atoms with Gasteiger partial charge in [0.1, 0.15) is 10.8 Å². The SMILES string of the molecule is Clc1cnc(-c2occc2Br)cn1. The number of halogens is 2. The molecule has 0 spiro atoms. The minimum atomic E-state index is 0.367. The molecule has 0 atom stereocenters. The van der Waals surface area contributed by atoms with Crippen molar-refractivity contribution in [3.8, 4) is 11.5 Å². The Kier molecular flexibility index (Phi) is 2.33. The lowest BCUT2D eigenvalue weighted by molar-refractivity contribution is 0.578. The molecule has 2 aromatic heterocycles. The number of hydrogen-bond acceptors (Lipinski definition) is 3. The van der Waals surface area contributed by atoms with Gasteiger partial charge in [-0.1, -0.05) is 11.6 Å². The van der Waals surface area contributed by atoms with Crippen LogP contribution in [0.25, 0.3) is 11.5 Å². The first kappa shape index (κ1) is 8.72. The summed E-state index contributed by atoms with van der Waals surface area (Å²) in [6.07, 6.45) is 4.62. The first-order chi connectivity index (χ1) is 6.27. The van der Waals surface area contributed by atoms with Crippen LogP contribution in [0.2, 0.25) is 5.15 Å². The fourth-order valence-corrected chi connectivity index (χ4v) is 1.41. The van der Waals surface area contributed by atoms with E-state index in [0.717, 1.165) is 4.47 Å². The van der Waals surface area contributed by atoms with Crippen LogP contribution in [0.3, 0.4) is 0 Å². The van der Waals surface area contributed by atoms with Gasteiger partial charge in [0.05, 0.1) is 23.1 Å². The summed E-state index contributed by atoms with van der Waals surface area (Å²) in [6, 6.07) is 1.80. The van der Waals surface area contributed by atoms with E-state index >= 15 is 0 Å². The van der Waals surface area contributed by atoms with Gasteiger partial charge < -0.3 is 4.42 Å². The summed E-state index contributed by atoms with van der Waals surface area (Å²) >= 11 is 8.92. The van der Waals surface area contributed by atoms with Crippen molar-refractivity contribution in [1.29, 1.82) is 0 Å². The fraction of sp³-hybridized carbons (Fsp3) is 0. The summed E-state index contributed by atoms with van der Waals surface area (Å²) in [6.45, 7) is 0. The zero-order valence-electron chi connectivity index (χ0n) is 6.37. The van der Waals surface area contributed by atoms with Gasteiger partial charge in [0, 0.05) is 0 Å². The Hall–Kier alpha value is -0.870. The Bertz CT molecular complexity index is 412. The number of nitrogens with zero attached hydrogens (tertiary/aromatic N) is 2. The van der Waals surface area contributed by atoms with Gasteiger partial charge >= 0.3 is 0 Å². The Morgan fingerprint density at radius 2 is 2.15 bits per heavy atom. The van der Waals surface area contributed by atoms with Crippen molar-refractivity contribution >= 4 is 27.5 Å². The first-order valence-electron chi connectivity index (χ1n) is 3.48. The second kappa shape index (κ2) is 3.47. The Morgan fingerprint density at radius 3 is 2.69 bits per heavy atom. The van der Waals surface area contributed by atoms with E-state index in [1.54, 1.807) is 18.5 Å². The summed E-state index contributed by atoms with van der Waals surface area (Å²) in [5.41, 5.74) is 0.654. The second-order valence-electron chi connectivity index (χ2n) is 2.32. The van der Waals surface area contributed by atoms with E-state index in [-0.39, 0.29) is 0 Å². The van der Waals surface area contributed by atoms with Crippen LogP contribution in [-0.2, 0) is 0 Å².